The van der Waals surface area contributed by atoms with Crippen molar-refractivity contribution in [2.45, 2.75) is 18.6 Å². The third-order valence-corrected chi connectivity index (χ3v) is 3.56. The van der Waals surface area contributed by atoms with E-state index in [4.69, 9.17) is 9.47 Å². The van der Waals surface area contributed by atoms with E-state index in [1.54, 1.807) is 13.3 Å². The number of nitrogens with zero attached hydrogens (tertiary/aromatic N) is 2. The molecule has 0 aromatic carbocycles. The van der Waals surface area contributed by atoms with E-state index in [2.05, 4.69) is 15.6 Å². The zero-order valence-corrected chi connectivity index (χ0v) is 12.8. The second-order valence-electron chi connectivity index (χ2n) is 5.15. The molecule has 1 saturated heterocycles. The number of carbonyl (C=O) groups is 1. The molecule has 7 heteroatoms. The number of amides is 1. The van der Waals surface area contributed by atoms with Gasteiger partial charge in [-0.1, -0.05) is 0 Å². The highest BCUT2D eigenvalue weighted by atomic mass is 16.5. The number of nitrogens with one attached hydrogen (secondary N) is 2. The van der Waals surface area contributed by atoms with Gasteiger partial charge in [-0.25, -0.2) is 4.98 Å². The van der Waals surface area contributed by atoms with Gasteiger partial charge in [-0.3, -0.25) is 4.79 Å². The number of hydrogen-bond acceptors (Lipinski definition) is 6. The number of pyridine rings is 1. The highest BCUT2D eigenvalue weighted by Gasteiger charge is 2.30. The molecule has 0 radical (unpaired) electrons. The summed E-state index contributed by atoms with van der Waals surface area (Å²) in [6.07, 6.45) is 2.38. The lowest BCUT2D eigenvalue weighted by Crippen LogP contribution is -2.36. The fourth-order valence-electron chi connectivity index (χ4n) is 2.37. The molecule has 0 aliphatic carbocycles. The Balaban J connectivity index is 2.17. The van der Waals surface area contributed by atoms with E-state index in [-0.39, 0.29) is 18.1 Å². The van der Waals surface area contributed by atoms with Crippen LogP contribution in [0.5, 0.6) is 5.88 Å². The van der Waals surface area contributed by atoms with Crippen LogP contribution < -0.4 is 20.3 Å². The topological polar surface area (TPSA) is 75.7 Å². The van der Waals surface area contributed by atoms with Crippen LogP contribution in [0.4, 0.5) is 11.4 Å². The predicted octanol–water partition coefficient (Wildman–Crippen LogP) is 0.472. The average Bonchev–Trinajstić information content (AvgIpc) is 2.96. The van der Waals surface area contributed by atoms with Crippen LogP contribution in [0.2, 0.25) is 0 Å². The Morgan fingerprint density at radius 1 is 1.48 bits per heavy atom. The van der Waals surface area contributed by atoms with Gasteiger partial charge in [-0.05, 0) is 12.5 Å². The van der Waals surface area contributed by atoms with Crippen molar-refractivity contribution in [3.63, 3.8) is 0 Å². The first-order valence-electron chi connectivity index (χ1n) is 6.84. The van der Waals surface area contributed by atoms with E-state index in [1.165, 1.54) is 7.11 Å². The van der Waals surface area contributed by atoms with E-state index in [0.29, 0.717) is 24.5 Å². The van der Waals surface area contributed by atoms with E-state index in [0.717, 1.165) is 5.69 Å². The van der Waals surface area contributed by atoms with Crippen molar-refractivity contribution in [3.05, 3.63) is 12.3 Å². The molecule has 2 heterocycles. The minimum absolute atomic E-state index is 0.0739. The fraction of sp³-hybridized carbons (Fsp3) is 0.571. The summed E-state index contributed by atoms with van der Waals surface area (Å²) in [7, 11) is 6.99. The average molecular weight is 294 g/mol. The third kappa shape index (κ3) is 3.43. The van der Waals surface area contributed by atoms with Crippen molar-refractivity contribution >= 4 is 17.3 Å². The molecule has 1 aliphatic rings. The summed E-state index contributed by atoms with van der Waals surface area (Å²) in [5.41, 5.74) is 1.43. The molecule has 7 nitrogen and oxygen atoms in total. The molecule has 0 bridgehead atoms. The molecule has 1 amide bonds. The van der Waals surface area contributed by atoms with Gasteiger partial charge in [0, 0.05) is 33.9 Å². The molecule has 1 aliphatic heterocycles. The molecule has 1 aromatic heterocycles. The van der Waals surface area contributed by atoms with Gasteiger partial charge in [0.25, 0.3) is 0 Å². The summed E-state index contributed by atoms with van der Waals surface area (Å²) in [6.45, 7) is 0.680. The molecule has 2 N–H and O–H groups in total. The molecule has 2 atom stereocenters. The van der Waals surface area contributed by atoms with Gasteiger partial charge >= 0.3 is 0 Å². The highest BCUT2D eigenvalue weighted by molar-refractivity contribution is 5.99. The van der Waals surface area contributed by atoms with Crippen LogP contribution in [-0.4, -0.2) is 57.9 Å². The Labute approximate surface area is 124 Å². The van der Waals surface area contributed by atoms with Crippen LogP contribution in [0.25, 0.3) is 0 Å². The molecule has 2 rings (SSSR count). The van der Waals surface area contributed by atoms with Crippen LogP contribution in [0.3, 0.4) is 0 Å². The number of ether oxygens (including phenoxy) is 2. The molecular weight excluding hydrogens is 272 g/mol. The zero-order chi connectivity index (χ0) is 15.4. The van der Waals surface area contributed by atoms with Crippen LogP contribution in [-0.2, 0) is 9.53 Å². The summed E-state index contributed by atoms with van der Waals surface area (Å²) in [5, 5.41) is 6.06. The molecule has 21 heavy (non-hydrogen) atoms. The highest BCUT2D eigenvalue weighted by Crippen LogP contribution is 2.32. The lowest BCUT2D eigenvalue weighted by molar-refractivity contribution is -0.118. The van der Waals surface area contributed by atoms with Crippen molar-refractivity contribution in [3.8, 4) is 5.88 Å². The summed E-state index contributed by atoms with van der Waals surface area (Å²) >= 11 is 0. The second-order valence-corrected chi connectivity index (χ2v) is 5.15. The molecule has 0 saturated carbocycles. The fourth-order valence-corrected chi connectivity index (χ4v) is 2.37. The number of anilines is 2. The Morgan fingerprint density at radius 3 is 2.81 bits per heavy atom. The first kappa shape index (κ1) is 15.5. The minimum atomic E-state index is -0.269. The van der Waals surface area contributed by atoms with Crippen molar-refractivity contribution in [1.82, 2.24) is 10.3 Å². The smallest absolute Gasteiger partial charge is 0.241 e. The maximum Gasteiger partial charge on any atom is 0.241 e. The standard InChI is InChI=1S/C14H22N4O3/c1-18(2)11-5-6-15-14(21-4)12(11)17-13(19)10-7-9(20-3)8-16-10/h5-6,9-10,16H,7-8H2,1-4H3,(H,17,19). The van der Waals surface area contributed by atoms with Crippen LogP contribution >= 0.6 is 0 Å². The van der Waals surface area contributed by atoms with Gasteiger partial charge in [0.1, 0.15) is 5.69 Å². The quantitative estimate of drug-likeness (QED) is 0.822. The Morgan fingerprint density at radius 2 is 2.24 bits per heavy atom. The summed E-state index contributed by atoms with van der Waals surface area (Å²) in [4.78, 5) is 18.4. The van der Waals surface area contributed by atoms with Gasteiger partial charge in [0.05, 0.1) is 24.9 Å². The van der Waals surface area contributed by atoms with Gasteiger partial charge < -0.3 is 25.0 Å². The number of methoxy groups -OCH3 is 2. The monoisotopic (exact) mass is 294 g/mol. The molecular formula is C14H22N4O3. The van der Waals surface area contributed by atoms with E-state index in [9.17, 15) is 4.79 Å². The van der Waals surface area contributed by atoms with Gasteiger partial charge in [0.2, 0.25) is 11.8 Å². The van der Waals surface area contributed by atoms with E-state index in [1.807, 2.05) is 25.1 Å². The number of hydrogen-bond donors (Lipinski definition) is 2. The van der Waals surface area contributed by atoms with Gasteiger partial charge in [0.15, 0.2) is 0 Å². The summed E-state index contributed by atoms with van der Waals surface area (Å²) in [5.74, 6) is 0.291. The lowest BCUT2D eigenvalue weighted by Gasteiger charge is -2.20. The van der Waals surface area contributed by atoms with Crippen LogP contribution in [0.15, 0.2) is 12.3 Å². The maximum atomic E-state index is 12.4. The number of carbonyl (C=O) groups excluding carboxylic acids is 1. The Kier molecular flexibility index (Phi) is 4.98. The molecule has 1 fully saturated rings. The van der Waals surface area contributed by atoms with Crippen LogP contribution in [0.1, 0.15) is 6.42 Å². The first-order chi connectivity index (χ1) is 10.1. The van der Waals surface area contributed by atoms with Crippen molar-refractivity contribution in [2.75, 3.05) is 45.1 Å². The maximum absolute atomic E-state index is 12.4. The zero-order valence-electron chi connectivity index (χ0n) is 12.8. The third-order valence-electron chi connectivity index (χ3n) is 3.56. The molecule has 0 spiro atoms. The second kappa shape index (κ2) is 6.73. The molecule has 1 aromatic rings. The summed E-state index contributed by atoms with van der Waals surface area (Å²) in [6, 6.07) is 1.56. The van der Waals surface area contributed by atoms with Crippen molar-refractivity contribution in [2.24, 2.45) is 0 Å². The van der Waals surface area contributed by atoms with E-state index < -0.39 is 0 Å². The number of rotatable bonds is 5. The SMILES string of the molecule is COc1nccc(N(C)C)c1NC(=O)C1CC(OC)CN1. The van der Waals surface area contributed by atoms with Gasteiger partial charge in [-0.2, -0.15) is 0 Å². The van der Waals surface area contributed by atoms with Crippen molar-refractivity contribution < 1.29 is 14.3 Å². The molecule has 116 valence electrons. The van der Waals surface area contributed by atoms with Gasteiger partial charge in [-0.15, -0.1) is 0 Å². The Hall–Kier alpha value is -1.86. The van der Waals surface area contributed by atoms with Crippen molar-refractivity contribution in [1.29, 1.82) is 0 Å². The minimum Gasteiger partial charge on any atom is -0.479 e. The first-order valence-corrected chi connectivity index (χ1v) is 6.84. The largest absolute Gasteiger partial charge is 0.479 e. The van der Waals surface area contributed by atoms with Crippen LogP contribution in [0, 0.1) is 0 Å². The normalized spacial score (nSPS) is 21.1. The molecule has 2 unspecified atom stereocenters. The Bertz CT molecular complexity index is 507. The predicted molar refractivity (Wildman–Crippen MR) is 81.0 cm³/mol. The summed E-state index contributed by atoms with van der Waals surface area (Å²) < 4.78 is 10.5. The lowest BCUT2D eigenvalue weighted by atomic mass is 10.2. The van der Waals surface area contributed by atoms with E-state index >= 15 is 0 Å². The number of aromatic nitrogens is 1.